The minimum absolute atomic E-state index is 0.0203. The van der Waals surface area contributed by atoms with Crippen molar-refractivity contribution in [3.63, 3.8) is 0 Å². The van der Waals surface area contributed by atoms with E-state index in [1.165, 1.54) is 6.42 Å². The first-order valence-corrected chi connectivity index (χ1v) is 8.73. The second-order valence-electron chi connectivity index (χ2n) is 6.34. The van der Waals surface area contributed by atoms with Crippen molar-refractivity contribution < 1.29 is 9.53 Å². The molecule has 2 heterocycles. The van der Waals surface area contributed by atoms with Crippen LogP contribution in [-0.2, 0) is 0 Å². The summed E-state index contributed by atoms with van der Waals surface area (Å²) in [6, 6.07) is 11.3. The largest absolute Gasteiger partial charge is 0.438 e. The lowest BCUT2D eigenvalue weighted by Crippen LogP contribution is -2.00. The molecule has 4 nitrogen and oxygen atoms in total. The Labute approximate surface area is 149 Å². The zero-order valence-corrected chi connectivity index (χ0v) is 15.6. The Morgan fingerprint density at radius 2 is 1.88 bits per heavy atom. The van der Waals surface area contributed by atoms with Gasteiger partial charge >= 0.3 is 0 Å². The molecule has 132 valence electrons. The summed E-state index contributed by atoms with van der Waals surface area (Å²) in [7, 11) is 0. The molecular formula is C21H26N2O2. The minimum Gasteiger partial charge on any atom is -0.438 e. The van der Waals surface area contributed by atoms with Gasteiger partial charge in [0.05, 0.1) is 16.6 Å². The van der Waals surface area contributed by atoms with Crippen molar-refractivity contribution in [3.05, 3.63) is 53.7 Å². The van der Waals surface area contributed by atoms with Gasteiger partial charge in [-0.1, -0.05) is 40.2 Å². The Morgan fingerprint density at radius 1 is 1.16 bits per heavy atom. The molecule has 1 aromatic carbocycles. The van der Waals surface area contributed by atoms with Gasteiger partial charge in [0.1, 0.15) is 5.75 Å². The van der Waals surface area contributed by atoms with Gasteiger partial charge in [-0.2, -0.15) is 0 Å². The topological polar surface area (TPSA) is 55.0 Å². The monoisotopic (exact) mass is 338 g/mol. The number of pyridine rings is 1. The molecule has 0 spiro atoms. The molecule has 0 saturated carbocycles. The van der Waals surface area contributed by atoms with Crippen LogP contribution in [0.3, 0.4) is 0 Å². The highest BCUT2D eigenvalue weighted by Crippen LogP contribution is 2.29. The normalized spacial score (nSPS) is 10.5. The molecule has 2 aromatic heterocycles. The van der Waals surface area contributed by atoms with E-state index >= 15 is 0 Å². The molecule has 0 atom stereocenters. The van der Waals surface area contributed by atoms with Crippen molar-refractivity contribution in [1.82, 2.24) is 9.97 Å². The van der Waals surface area contributed by atoms with Crippen molar-refractivity contribution in [2.45, 2.75) is 47.0 Å². The van der Waals surface area contributed by atoms with Crippen LogP contribution >= 0.6 is 0 Å². The summed E-state index contributed by atoms with van der Waals surface area (Å²) < 4.78 is 5.89. The minimum atomic E-state index is -0.0203. The molecule has 0 amide bonds. The van der Waals surface area contributed by atoms with Crippen LogP contribution in [0.1, 0.15) is 62.9 Å². The number of ether oxygens (including phenoxy) is 1. The highest BCUT2D eigenvalue weighted by Gasteiger charge is 2.13. The third-order valence-electron chi connectivity index (χ3n) is 3.65. The Hall–Kier alpha value is -2.62. The maximum Gasteiger partial charge on any atom is 0.219 e. The fraction of sp³-hybridized carbons (Fsp3) is 0.333. The molecule has 3 rings (SSSR count). The second-order valence-corrected chi connectivity index (χ2v) is 6.34. The van der Waals surface area contributed by atoms with Crippen LogP contribution in [0.5, 0.6) is 11.6 Å². The predicted octanol–water partition coefficient (Wildman–Crippen LogP) is 6.10. The molecule has 0 radical (unpaired) electrons. The summed E-state index contributed by atoms with van der Waals surface area (Å²) in [6.45, 7) is 10.0. The molecule has 1 N–H and O–H groups in total. The van der Waals surface area contributed by atoms with E-state index in [0.717, 1.165) is 16.6 Å². The van der Waals surface area contributed by atoms with Gasteiger partial charge in [0, 0.05) is 12.3 Å². The summed E-state index contributed by atoms with van der Waals surface area (Å²) in [5.41, 5.74) is 3.49. The number of aromatic nitrogens is 2. The van der Waals surface area contributed by atoms with E-state index in [1.807, 2.05) is 36.5 Å². The van der Waals surface area contributed by atoms with Crippen molar-refractivity contribution in [2.75, 3.05) is 0 Å². The van der Waals surface area contributed by atoms with Gasteiger partial charge in [0.2, 0.25) is 5.88 Å². The van der Waals surface area contributed by atoms with Gasteiger partial charge in [-0.25, -0.2) is 4.98 Å². The maximum atomic E-state index is 11.8. The number of nitrogens with one attached hydrogen (secondary N) is 1. The Morgan fingerprint density at radius 3 is 2.52 bits per heavy atom. The highest BCUT2D eigenvalue weighted by molar-refractivity contribution is 5.97. The standard InChI is InChI=1S/C18H18N2O2.C3H8/c1-11(2)13-4-5-14(12(3)21)17(10-13)22-18-7-6-15-16(20-18)8-9-19-15;1-3-2/h4-11,19H,1-3H3;3H2,1-2H3. The Kier molecular flexibility index (Phi) is 6.34. The van der Waals surface area contributed by atoms with Crippen LogP contribution < -0.4 is 4.74 Å². The van der Waals surface area contributed by atoms with Crippen LogP contribution in [0.15, 0.2) is 42.6 Å². The third kappa shape index (κ3) is 4.69. The molecule has 4 heteroatoms. The molecule has 0 bridgehead atoms. The summed E-state index contributed by atoms with van der Waals surface area (Å²) >= 11 is 0. The van der Waals surface area contributed by atoms with Gasteiger partial charge in [-0.05, 0) is 42.7 Å². The van der Waals surface area contributed by atoms with Gasteiger partial charge in [-0.15, -0.1) is 0 Å². The number of benzene rings is 1. The number of carbonyl (C=O) groups is 1. The van der Waals surface area contributed by atoms with E-state index in [4.69, 9.17) is 4.74 Å². The first-order valence-electron chi connectivity index (χ1n) is 8.73. The lowest BCUT2D eigenvalue weighted by Gasteiger charge is -2.12. The number of carbonyl (C=O) groups excluding carboxylic acids is 1. The number of aromatic amines is 1. The van der Waals surface area contributed by atoms with Gasteiger partial charge in [0.25, 0.3) is 0 Å². The fourth-order valence-corrected chi connectivity index (χ4v) is 2.36. The average molecular weight is 338 g/mol. The SMILES string of the molecule is CC(=O)c1ccc(C(C)C)cc1Oc1ccc2[nH]ccc2n1.CCC. The number of nitrogens with zero attached hydrogens (tertiary/aromatic N) is 1. The molecule has 0 aliphatic rings. The zero-order valence-electron chi connectivity index (χ0n) is 15.6. The number of hydrogen-bond donors (Lipinski definition) is 1. The number of rotatable bonds is 4. The molecular weight excluding hydrogens is 312 g/mol. The van der Waals surface area contributed by atoms with Gasteiger partial charge in [0.15, 0.2) is 5.78 Å². The van der Waals surface area contributed by atoms with E-state index in [9.17, 15) is 4.79 Å². The summed E-state index contributed by atoms with van der Waals surface area (Å²) in [4.78, 5) is 19.3. The van der Waals surface area contributed by atoms with Crippen LogP contribution in [0, 0.1) is 0 Å². The quantitative estimate of drug-likeness (QED) is 0.585. The number of H-pyrrole nitrogens is 1. The molecule has 0 saturated heterocycles. The van der Waals surface area contributed by atoms with E-state index in [-0.39, 0.29) is 5.78 Å². The number of fused-ring (bicyclic) bond motifs is 1. The number of ketones is 1. The Bertz CT molecular complexity index is 850. The number of hydrogen-bond acceptors (Lipinski definition) is 3. The second kappa shape index (κ2) is 8.47. The predicted molar refractivity (Wildman–Crippen MR) is 103 cm³/mol. The van der Waals surface area contributed by atoms with Crippen LogP contribution in [0.4, 0.5) is 0 Å². The van der Waals surface area contributed by atoms with Crippen molar-refractivity contribution in [1.29, 1.82) is 0 Å². The molecule has 3 aromatic rings. The van der Waals surface area contributed by atoms with Gasteiger partial charge < -0.3 is 9.72 Å². The Balaban J connectivity index is 0.000000701. The first kappa shape index (κ1) is 18.7. The lowest BCUT2D eigenvalue weighted by molar-refractivity contribution is 0.101. The van der Waals surface area contributed by atoms with E-state index < -0.39 is 0 Å². The number of Topliss-reactive ketones (excluding diaryl/α,β-unsaturated/α-hetero) is 1. The molecule has 0 fully saturated rings. The average Bonchev–Trinajstić information content (AvgIpc) is 3.03. The first-order chi connectivity index (χ1) is 12.0. The summed E-state index contributed by atoms with van der Waals surface area (Å²) in [5, 5.41) is 0. The fourth-order valence-electron chi connectivity index (χ4n) is 2.36. The van der Waals surface area contributed by atoms with Crippen LogP contribution in [-0.4, -0.2) is 15.8 Å². The van der Waals surface area contributed by atoms with Crippen molar-refractivity contribution >= 4 is 16.8 Å². The summed E-state index contributed by atoms with van der Waals surface area (Å²) in [6.07, 6.45) is 3.09. The highest BCUT2D eigenvalue weighted by atomic mass is 16.5. The van der Waals surface area contributed by atoms with Crippen molar-refractivity contribution in [3.8, 4) is 11.6 Å². The van der Waals surface area contributed by atoms with Gasteiger partial charge in [-0.3, -0.25) is 4.79 Å². The van der Waals surface area contributed by atoms with Crippen LogP contribution in [0.25, 0.3) is 11.0 Å². The van der Waals surface area contributed by atoms with Crippen molar-refractivity contribution in [2.24, 2.45) is 0 Å². The van der Waals surface area contributed by atoms with E-state index in [0.29, 0.717) is 23.1 Å². The smallest absolute Gasteiger partial charge is 0.219 e. The molecule has 25 heavy (non-hydrogen) atoms. The zero-order chi connectivity index (χ0) is 18.4. The maximum absolute atomic E-state index is 11.8. The van der Waals surface area contributed by atoms with Crippen LogP contribution in [0.2, 0.25) is 0 Å². The third-order valence-corrected chi connectivity index (χ3v) is 3.65. The molecule has 0 aliphatic carbocycles. The molecule has 0 unspecified atom stereocenters. The summed E-state index contributed by atoms with van der Waals surface area (Å²) in [5.74, 6) is 1.38. The molecule has 0 aliphatic heterocycles. The lowest BCUT2D eigenvalue weighted by atomic mass is 10.00. The van der Waals surface area contributed by atoms with E-state index in [1.54, 1.807) is 13.0 Å². The van der Waals surface area contributed by atoms with E-state index in [2.05, 4.69) is 37.7 Å².